The molecule has 32 heavy (non-hydrogen) atoms. The van der Waals surface area contributed by atoms with E-state index in [1.165, 1.54) is 6.07 Å². The summed E-state index contributed by atoms with van der Waals surface area (Å²) in [6.45, 7) is 10.1. The van der Waals surface area contributed by atoms with Crippen molar-refractivity contribution in [3.63, 3.8) is 0 Å². The molecule has 0 atom stereocenters. The number of benzene rings is 1. The molecule has 0 unspecified atom stereocenters. The first-order chi connectivity index (χ1) is 15.4. The number of hydrogen-bond acceptors (Lipinski definition) is 4. The molecular formula is C25H33FN4OSi. The molecule has 4 rings (SSSR count). The van der Waals surface area contributed by atoms with Crippen LogP contribution in [-0.4, -0.2) is 42.3 Å². The number of ether oxygens (including phenoxy) is 1. The Labute approximate surface area is 191 Å². The third-order valence-electron chi connectivity index (χ3n) is 6.06. The number of nitrogens with zero attached hydrogens (tertiary/aromatic N) is 4. The van der Waals surface area contributed by atoms with E-state index in [1.807, 2.05) is 30.6 Å². The summed E-state index contributed by atoms with van der Waals surface area (Å²) in [7, 11) is -1.16. The molecule has 0 bridgehead atoms. The number of pyridine rings is 1. The van der Waals surface area contributed by atoms with E-state index in [4.69, 9.17) is 9.72 Å². The predicted octanol–water partition coefficient (Wildman–Crippen LogP) is 5.78. The number of imidazole rings is 1. The van der Waals surface area contributed by atoms with Crippen molar-refractivity contribution in [1.82, 2.24) is 14.5 Å². The molecule has 0 radical (unpaired) electrons. The summed E-state index contributed by atoms with van der Waals surface area (Å²) in [4.78, 5) is 11.6. The minimum absolute atomic E-state index is 0.236. The van der Waals surface area contributed by atoms with Crippen LogP contribution < -0.4 is 4.90 Å². The summed E-state index contributed by atoms with van der Waals surface area (Å²) in [6, 6.07) is 13.9. The number of piperidine rings is 1. The normalized spacial score (nSPS) is 15.3. The Balaban J connectivity index is 1.52. The highest BCUT2D eigenvalue weighted by atomic mass is 28.3. The smallest absolute Gasteiger partial charge is 0.128 e. The molecule has 1 saturated heterocycles. The summed E-state index contributed by atoms with van der Waals surface area (Å²) in [5, 5.41) is 0. The van der Waals surface area contributed by atoms with Crippen LogP contribution in [-0.2, 0) is 11.5 Å². The van der Waals surface area contributed by atoms with Gasteiger partial charge in [-0.15, -0.1) is 0 Å². The highest BCUT2D eigenvalue weighted by molar-refractivity contribution is 6.76. The summed E-state index contributed by atoms with van der Waals surface area (Å²) >= 11 is 0. The molecule has 0 spiro atoms. The van der Waals surface area contributed by atoms with Crippen molar-refractivity contribution < 1.29 is 9.13 Å². The first kappa shape index (κ1) is 22.7. The minimum Gasteiger partial charge on any atom is -0.361 e. The number of rotatable bonds is 8. The second-order valence-corrected chi connectivity index (χ2v) is 15.4. The average molecular weight is 453 g/mol. The number of halogens is 1. The largest absolute Gasteiger partial charge is 0.361 e. The molecule has 7 heteroatoms. The van der Waals surface area contributed by atoms with Crippen LogP contribution in [0.1, 0.15) is 24.6 Å². The maximum atomic E-state index is 13.9. The summed E-state index contributed by atoms with van der Waals surface area (Å²) in [5.74, 6) is 2.18. The zero-order valence-corrected chi connectivity index (χ0v) is 20.3. The maximum absolute atomic E-state index is 13.9. The van der Waals surface area contributed by atoms with Crippen LogP contribution in [0.3, 0.4) is 0 Å². The van der Waals surface area contributed by atoms with E-state index in [0.29, 0.717) is 12.6 Å². The van der Waals surface area contributed by atoms with Crippen molar-refractivity contribution >= 4 is 13.9 Å². The van der Waals surface area contributed by atoms with E-state index >= 15 is 0 Å². The van der Waals surface area contributed by atoms with Crippen LogP contribution >= 0.6 is 0 Å². The van der Waals surface area contributed by atoms with Gasteiger partial charge >= 0.3 is 0 Å². The van der Waals surface area contributed by atoms with E-state index in [0.717, 1.165) is 61.5 Å². The Morgan fingerprint density at radius 3 is 2.56 bits per heavy atom. The van der Waals surface area contributed by atoms with Crippen LogP contribution in [0, 0.1) is 5.82 Å². The van der Waals surface area contributed by atoms with Crippen molar-refractivity contribution in [3.8, 4) is 11.3 Å². The van der Waals surface area contributed by atoms with E-state index in [2.05, 4.69) is 40.2 Å². The molecule has 3 heterocycles. The van der Waals surface area contributed by atoms with Crippen LogP contribution in [0.5, 0.6) is 0 Å². The van der Waals surface area contributed by atoms with Gasteiger partial charge in [-0.1, -0.05) is 37.8 Å². The Hall–Kier alpha value is -2.51. The standard InChI is InChI=1S/C25H33FN4OSi/c1-32(2,3)16-15-31-19-30-23(21-7-6-8-22(26)17-21)18-28-25(30)20-10-13-29(14-11-20)24-9-4-5-12-27-24/h4-9,12,17-18,20H,10-11,13-16,19H2,1-3H3. The molecule has 0 saturated carbocycles. The minimum atomic E-state index is -1.16. The van der Waals surface area contributed by atoms with Gasteiger partial charge in [0.15, 0.2) is 0 Å². The van der Waals surface area contributed by atoms with Gasteiger partial charge in [0.1, 0.15) is 24.2 Å². The van der Waals surface area contributed by atoms with E-state index < -0.39 is 8.07 Å². The monoisotopic (exact) mass is 452 g/mol. The fourth-order valence-corrected chi connectivity index (χ4v) is 4.93. The fourth-order valence-electron chi connectivity index (χ4n) is 4.17. The van der Waals surface area contributed by atoms with Gasteiger partial charge in [-0.2, -0.15) is 0 Å². The first-order valence-corrected chi connectivity index (χ1v) is 15.2. The van der Waals surface area contributed by atoms with E-state index in [-0.39, 0.29) is 5.82 Å². The lowest BCUT2D eigenvalue weighted by Crippen LogP contribution is -2.34. The summed E-state index contributed by atoms with van der Waals surface area (Å²) < 4.78 is 22.2. The van der Waals surface area contributed by atoms with Crippen molar-refractivity contribution in [2.75, 3.05) is 24.6 Å². The Kier molecular flexibility index (Phi) is 7.06. The Morgan fingerprint density at radius 1 is 1.06 bits per heavy atom. The number of hydrogen-bond donors (Lipinski definition) is 0. The molecule has 0 N–H and O–H groups in total. The van der Waals surface area contributed by atoms with Gasteiger partial charge in [0.25, 0.3) is 0 Å². The lowest BCUT2D eigenvalue weighted by Gasteiger charge is -2.32. The number of aromatic nitrogens is 3. The van der Waals surface area contributed by atoms with Crippen molar-refractivity contribution in [3.05, 3.63) is 66.5 Å². The van der Waals surface area contributed by atoms with Gasteiger partial charge < -0.3 is 14.2 Å². The molecule has 0 amide bonds. The highest BCUT2D eigenvalue weighted by Crippen LogP contribution is 2.32. The zero-order valence-electron chi connectivity index (χ0n) is 19.3. The van der Waals surface area contributed by atoms with Gasteiger partial charge in [0.05, 0.1) is 11.9 Å². The first-order valence-electron chi connectivity index (χ1n) is 11.5. The predicted molar refractivity (Wildman–Crippen MR) is 130 cm³/mol. The number of anilines is 1. The molecule has 1 fully saturated rings. The second-order valence-electron chi connectivity index (χ2n) is 9.74. The molecule has 1 aliphatic rings. The maximum Gasteiger partial charge on any atom is 0.128 e. The van der Waals surface area contributed by atoms with E-state index in [9.17, 15) is 4.39 Å². The summed E-state index contributed by atoms with van der Waals surface area (Å²) in [6.07, 6.45) is 5.73. The van der Waals surface area contributed by atoms with Crippen molar-refractivity contribution in [1.29, 1.82) is 0 Å². The fraction of sp³-hybridized carbons (Fsp3) is 0.440. The molecule has 3 aromatic rings. The van der Waals surface area contributed by atoms with Crippen LogP contribution in [0.15, 0.2) is 54.9 Å². The third kappa shape index (κ3) is 5.64. The topological polar surface area (TPSA) is 43.2 Å². The van der Waals surface area contributed by atoms with Gasteiger partial charge in [-0.3, -0.25) is 0 Å². The van der Waals surface area contributed by atoms with Gasteiger partial charge in [-0.05, 0) is 43.2 Å². The third-order valence-corrected chi connectivity index (χ3v) is 7.76. The molecular weight excluding hydrogens is 419 g/mol. The zero-order chi connectivity index (χ0) is 22.6. The lowest BCUT2D eigenvalue weighted by molar-refractivity contribution is 0.0850. The molecule has 170 valence electrons. The van der Waals surface area contributed by atoms with Crippen molar-refractivity contribution in [2.24, 2.45) is 0 Å². The lowest BCUT2D eigenvalue weighted by atomic mass is 9.96. The quantitative estimate of drug-likeness (QED) is 0.321. The van der Waals surface area contributed by atoms with Gasteiger partial charge in [-0.25, -0.2) is 14.4 Å². The average Bonchev–Trinajstić information content (AvgIpc) is 3.21. The SMILES string of the molecule is C[Si](C)(C)CCOCn1c(-c2cccc(F)c2)cnc1C1CCN(c2ccccn2)CC1. The van der Waals surface area contributed by atoms with Crippen LogP contribution in [0.2, 0.25) is 25.7 Å². The van der Waals surface area contributed by atoms with Crippen molar-refractivity contribution in [2.45, 2.75) is 51.2 Å². The molecule has 0 aliphatic carbocycles. The van der Waals surface area contributed by atoms with Crippen LogP contribution in [0.25, 0.3) is 11.3 Å². The molecule has 5 nitrogen and oxygen atoms in total. The van der Waals surface area contributed by atoms with E-state index in [1.54, 1.807) is 12.1 Å². The van der Waals surface area contributed by atoms with Crippen LogP contribution in [0.4, 0.5) is 10.2 Å². The highest BCUT2D eigenvalue weighted by Gasteiger charge is 2.26. The summed E-state index contributed by atoms with van der Waals surface area (Å²) in [5.41, 5.74) is 1.75. The van der Waals surface area contributed by atoms with Gasteiger partial charge in [0.2, 0.25) is 0 Å². The Bertz CT molecular complexity index is 1010. The Morgan fingerprint density at radius 2 is 1.88 bits per heavy atom. The molecule has 1 aromatic carbocycles. The second kappa shape index (κ2) is 9.96. The van der Waals surface area contributed by atoms with Gasteiger partial charge in [0, 0.05) is 45.4 Å². The molecule has 1 aliphatic heterocycles. The molecule has 2 aromatic heterocycles.